The molecule has 0 saturated heterocycles. The molecule has 0 amide bonds. The quantitative estimate of drug-likeness (QED) is 0.656. The molecule has 3 N–H and O–H groups in total. The van der Waals surface area contributed by atoms with Crippen molar-refractivity contribution >= 4 is 22.6 Å². The summed E-state index contributed by atoms with van der Waals surface area (Å²) in [5.74, 6) is 0.803. The molecule has 0 saturated carbocycles. The second kappa shape index (κ2) is 6.94. The van der Waals surface area contributed by atoms with E-state index in [0.29, 0.717) is 0 Å². The van der Waals surface area contributed by atoms with Crippen molar-refractivity contribution in [3.05, 3.63) is 90.0 Å². The summed E-state index contributed by atoms with van der Waals surface area (Å²) in [7, 11) is 1.65. The van der Waals surface area contributed by atoms with Gasteiger partial charge >= 0.3 is 0 Å². The van der Waals surface area contributed by atoms with Gasteiger partial charge in [0.15, 0.2) is 6.23 Å². The van der Waals surface area contributed by atoms with Crippen LogP contribution in [0, 0.1) is 0 Å². The largest absolute Gasteiger partial charge is 0.497 e. The van der Waals surface area contributed by atoms with Crippen LogP contribution in [0.25, 0.3) is 11.3 Å². The van der Waals surface area contributed by atoms with Crippen molar-refractivity contribution < 1.29 is 9.84 Å². The Hall–Kier alpha value is -3.24. The van der Waals surface area contributed by atoms with E-state index in [2.05, 4.69) is 10.6 Å². The Morgan fingerprint density at radius 2 is 1.62 bits per heavy atom. The van der Waals surface area contributed by atoms with Crippen LogP contribution in [-0.2, 0) is 0 Å². The van der Waals surface area contributed by atoms with Gasteiger partial charge in [0.25, 0.3) is 0 Å². The molecule has 1 unspecified atom stereocenters. The molecule has 26 heavy (non-hydrogen) atoms. The molecule has 1 aliphatic heterocycles. The lowest BCUT2D eigenvalue weighted by atomic mass is 9.99. The van der Waals surface area contributed by atoms with Crippen molar-refractivity contribution in [1.29, 1.82) is 0 Å². The minimum atomic E-state index is -0.770. The number of rotatable bonds is 4. The molecule has 0 fully saturated rings. The summed E-state index contributed by atoms with van der Waals surface area (Å²) in [6.07, 6.45) is -0.770. The van der Waals surface area contributed by atoms with E-state index >= 15 is 0 Å². The lowest BCUT2D eigenvalue weighted by Crippen LogP contribution is -2.16. The number of hydrogen-bond donors (Lipinski definition) is 3. The summed E-state index contributed by atoms with van der Waals surface area (Å²) in [6, 6.07) is 25.7. The molecule has 0 radical (unpaired) electrons. The van der Waals surface area contributed by atoms with Gasteiger partial charge in [-0.05, 0) is 35.9 Å². The lowest BCUT2D eigenvalue weighted by molar-refractivity contribution is 0.266. The molecule has 4 rings (SSSR count). The van der Waals surface area contributed by atoms with Crippen LogP contribution in [0.1, 0.15) is 11.1 Å². The fourth-order valence-corrected chi connectivity index (χ4v) is 3.20. The second-order valence-electron chi connectivity index (χ2n) is 6.10. The molecule has 0 aliphatic carbocycles. The maximum Gasteiger partial charge on any atom is 0.153 e. The smallest absolute Gasteiger partial charge is 0.153 e. The number of fused-ring (bicyclic) bond motifs is 1. The standard InChI is InChI=1S/C22H20N2O2/c1-26-17-13-11-16(12-14-17)23-21(15-7-3-2-4-8-15)20-18-9-5-6-10-19(18)24-22(20)25/h2-14,22-25H,1H3/b21-20-. The number of nitrogens with one attached hydrogen (secondary N) is 2. The van der Waals surface area contributed by atoms with E-state index in [1.54, 1.807) is 7.11 Å². The highest BCUT2D eigenvalue weighted by Gasteiger charge is 2.28. The molecule has 4 nitrogen and oxygen atoms in total. The number of aliphatic hydroxyl groups is 1. The first kappa shape index (κ1) is 16.2. The van der Waals surface area contributed by atoms with E-state index < -0.39 is 6.23 Å². The average molecular weight is 344 g/mol. The lowest BCUT2D eigenvalue weighted by Gasteiger charge is -2.17. The highest BCUT2D eigenvalue weighted by atomic mass is 16.5. The van der Waals surface area contributed by atoms with Gasteiger partial charge in [0.05, 0.1) is 12.8 Å². The predicted octanol–water partition coefficient (Wildman–Crippen LogP) is 4.42. The van der Waals surface area contributed by atoms with Crippen LogP contribution in [0.3, 0.4) is 0 Å². The monoisotopic (exact) mass is 344 g/mol. The van der Waals surface area contributed by atoms with Gasteiger partial charge in [0.1, 0.15) is 5.75 Å². The first-order valence-electron chi connectivity index (χ1n) is 8.51. The maximum absolute atomic E-state index is 10.7. The van der Waals surface area contributed by atoms with E-state index in [1.807, 2.05) is 78.9 Å². The molecule has 1 atom stereocenters. The van der Waals surface area contributed by atoms with Crippen LogP contribution in [0.15, 0.2) is 78.9 Å². The van der Waals surface area contributed by atoms with Crippen molar-refractivity contribution in [3.8, 4) is 5.75 Å². The van der Waals surface area contributed by atoms with Crippen LogP contribution in [-0.4, -0.2) is 18.4 Å². The van der Waals surface area contributed by atoms with Crippen LogP contribution in [0.5, 0.6) is 5.75 Å². The Kier molecular flexibility index (Phi) is 4.33. The molecule has 0 aromatic heterocycles. The van der Waals surface area contributed by atoms with E-state index in [9.17, 15) is 5.11 Å². The van der Waals surface area contributed by atoms with Gasteiger partial charge in [-0.3, -0.25) is 0 Å². The summed E-state index contributed by atoms with van der Waals surface area (Å²) in [6.45, 7) is 0. The molecular weight excluding hydrogens is 324 g/mol. The van der Waals surface area contributed by atoms with E-state index in [4.69, 9.17) is 4.74 Å². The maximum atomic E-state index is 10.7. The Morgan fingerprint density at radius 1 is 0.923 bits per heavy atom. The third kappa shape index (κ3) is 3.03. The fraction of sp³-hybridized carbons (Fsp3) is 0.0909. The summed E-state index contributed by atoms with van der Waals surface area (Å²) in [4.78, 5) is 0. The van der Waals surface area contributed by atoms with Crippen molar-refractivity contribution in [1.82, 2.24) is 0 Å². The Balaban J connectivity index is 1.84. The number of methoxy groups -OCH3 is 1. The van der Waals surface area contributed by atoms with Crippen LogP contribution in [0.4, 0.5) is 11.4 Å². The number of para-hydroxylation sites is 1. The Labute approximate surface area is 152 Å². The van der Waals surface area contributed by atoms with Gasteiger partial charge in [0, 0.05) is 22.5 Å². The third-order valence-electron chi connectivity index (χ3n) is 4.47. The molecule has 3 aromatic rings. The van der Waals surface area contributed by atoms with Crippen LogP contribution < -0.4 is 15.4 Å². The number of benzene rings is 3. The van der Waals surface area contributed by atoms with Gasteiger partial charge in [-0.25, -0.2) is 0 Å². The van der Waals surface area contributed by atoms with E-state index in [-0.39, 0.29) is 0 Å². The molecule has 0 bridgehead atoms. The minimum Gasteiger partial charge on any atom is -0.497 e. The zero-order chi connectivity index (χ0) is 17.9. The summed E-state index contributed by atoms with van der Waals surface area (Å²) in [5.41, 5.74) is 5.58. The summed E-state index contributed by atoms with van der Waals surface area (Å²) >= 11 is 0. The third-order valence-corrected chi connectivity index (χ3v) is 4.47. The topological polar surface area (TPSA) is 53.5 Å². The van der Waals surface area contributed by atoms with Gasteiger partial charge < -0.3 is 20.5 Å². The number of hydrogen-bond acceptors (Lipinski definition) is 4. The molecule has 1 heterocycles. The summed E-state index contributed by atoms with van der Waals surface area (Å²) in [5, 5.41) is 17.3. The molecular formula is C22H20N2O2. The molecule has 0 spiro atoms. The predicted molar refractivity (Wildman–Crippen MR) is 106 cm³/mol. The Bertz CT molecular complexity index is 934. The van der Waals surface area contributed by atoms with E-state index in [1.165, 1.54) is 0 Å². The van der Waals surface area contributed by atoms with Crippen LogP contribution in [0.2, 0.25) is 0 Å². The number of ether oxygens (including phenoxy) is 1. The first-order chi connectivity index (χ1) is 12.8. The van der Waals surface area contributed by atoms with Crippen LogP contribution >= 0.6 is 0 Å². The molecule has 3 aromatic carbocycles. The number of anilines is 2. The van der Waals surface area contributed by atoms with Gasteiger partial charge in [-0.1, -0.05) is 48.5 Å². The van der Waals surface area contributed by atoms with E-state index in [0.717, 1.165) is 39.5 Å². The van der Waals surface area contributed by atoms with Gasteiger partial charge in [0.2, 0.25) is 0 Å². The summed E-state index contributed by atoms with van der Waals surface area (Å²) < 4.78 is 5.23. The second-order valence-corrected chi connectivity index (χ2v) is 6.10. The van der Waals surface area contributed by atoms with Gasteiger partial charge in [-0.2, -0.15) is 0 Å². The zero-order valence-corrected chi connectivity index (χ0v) is 14.4. The average Bonchev–Trinajstić information content (AvgIpc) is 3.03. The number of aliphatic hydroxyl groups excluding tert-OH is 1. The Morgan fingerprint density at radius 3 is 2.35 bits per heavy atom. The van der Waals surface area contributed by atoms with Crippen molar-refractivity contribution in [2.24, 2.45) is 0 Å². The van der Waals surface area contributed by atoms with Gasteiger partial charge in [-0.15, -0.1) is 0 Å². The first-order valence-corrected chi connectivity index (χ1v) is 8.51. The normalized spacial score (nSPS) is 17.2. The SMILES string of the molecule is COc1ccc(N/C(=C2/c3ccccc3NC2O)c2ccccc2)cc1. The highest BCUT2D eigenvalue weighted by molar-refractivity contribution is 6.03. The fourth-order valence-electron chi connectivity index (χ4n) is 3.20. The molecule has 1 aliphatic rings. The molecule has 130 valence electrons. The minimum absolute atomic E-state index is 0.770. The zero-order valence-electron chi connectivity index (χ0n) is 14.4. The van der Waals surface area contributed by atoms with Crippen molar-refractivity contribution in [2.45, 2.75) is 6.23 Å². The van der Waals surface area contributed by atoms with Crippen molar-refractivity contribution in [3.63, 3.8) is 0 Å². The highest BCUT2D eigenvalue weighted by Crippen LogP contribution is 2.39. The molecule has 4 heteroatoms. The van der Waals surface area contributed by atoms with Crippen molar-refractivity contribution in [2.75, 3.05) is 17.7 Å².